The fourth-order valence-corrected chi connectivity index (χ4v) is 4.35. The number of carbonyl (C=O) groups excluding carboxylic acids is 1. The van der Waals surface area contributed by atoms with Gasteiger partial charge in [0.15, 0.2) is 5.76 Å². The molecule has 0 N–H and O–H groups in total. The topological polar surface area (TPSA) is 51.9 Å². The van der Waals surface area contributed by atoms with Crippen molar-refractivity contribution in [2.24, 2.45) is 11.3 Å². The van der Waals surface area contributed by atoms with Gasteiger partial charge in [-0.1, -0.05) is 43.3 Å². The summed E-state index contributed by atoms with van der Waals surface area (Å²) in [6.45, 7) is 5.35. The molecule has 5 rings (SSSR count). The minimum atomic E-state index is -0.0570. The summed E-state index contributed by atoms with van der Waals surface area (Å²) in [5, 5.41) is 0.927. The van der Waals surface area contributed by atoms with Gasteiger partial charge in [-0.25, -0.2) is 0 Å². The van der Waals surface area contributed by atoms with Crippen molar-refractivity contribution in [1.29, 1.82) is 0 Å². The van der Waals surface area contributed by atoms with Crippen LogP contribution in [0.1, 0.15) is 23.0 Å². The van der Waals surface area contributed by atoms with E-state index in [1.54, 1.807) is 0 Å². The Kier molecular flexibility index (Phi) is 4.13. The van der Waals surface area contributed by atoms with E-state index in [1.165, 1.54) is 0 Å². The molecule has 2 aliphatic heterocycles. The molecule has 0 bridgehead atoms. The first-order valence-electron chi connectivity index (χ1n) is 9.69. The maximum atomic E-state index is 13.4. The van der Waals surface area contributed by atoms with Crippen molar-refractivity contribution in [3.05, 3.63) is 65.9 Å². The number of carbonyl (C=O) groups is 1. The third-order valence-corrected chi connectivity index (χ3v) is 6.04. The highest BCUT2D eigenvalue weighted by Gasteiger charge is 2.49. The van der Waals surface area contributed by atoms with Gasteiger partial charge < -0.3 is 18.8 Å². The van der Waals surface area contributed by atoms with Gasteiger partial charge in [0, 0.05) is 35.4 Å². The fourth-order valence-electron chi connectivity index (χ4n) is 4.35. The molecule has 2 aliphatic rings. The van der Waals surface area contributed by atoms with E-state index >= 15 is 0 Å². The van der Waals surface area contributed by atoms with Gasteiger partial charge in [0.25, 0.3) is 5.91 Å². The van der Waals surface area contributed by atoms with Crippen LogP contribution in [0.15, 0.2) is 59.0 Å². The van der Waals surface area contributed by atoms with Gasteiger partial charge in [0.05, 0.1) is 13.2 Å². The van der Waals surface area contributed by atoms with E-state index in [9.17, 15) is 4.79 Å². The summed E-state index contributed by atoms with van der Waals surface area (Å²) in [7, 11) is 0. The molecule has 0 saturated carbocycles. The Balaban J connectivity index is 1.46. The largest absolute Gasteiger partial charge is 0.489 e. The zero-order chi connectivity index (χ0) is 19.1. The smallest absolute Gasteiger partial charge is 0.290 e. The number of para-hydroxylation sites is 2. The van der Waals surface area contributed by atoms with Gasteiger partial charge in [-0.3, -0.25) is 4.79 Å². The summed E-state index contributed by atoms with van der Waals surface area (Å²) >= 11 is 0. The first-order chi connectivity index (χ1) is 13.6. The zero-order valence-corrected chi connectivity index (χ0v) is 15.9. The molecule has 2 saturated heterocycles. The monoisotopic (exact) mass is 377 g/mol. The highest BCUT2D eigenvalue weighted by molar-refractivity contribution is 5.99. The Morgan fingerprint density at radius 3 is 2.79 bits per heavy atom. The van der Waals surface area contributed by atoms with E-state index in [1.807, 2.05) is 59.5 Å². The molecule has 144 valence electrons. The maximum absolute atomic E-state index is 13.4. The molecule has 3 aromatic rings. The van der Waals surface area contributed by atoms with Crippen LogP contribution in [0.25, 0.3) is 11.0 Å². The van der Waals surface area contributed by atoms with Crippen LogP contribution < -0.4 is 4.74 Å². The number of hydrogen-bond donors (Lipinski definition) is 0. The number of likely N-dealkylation sites (tertiary alicyclic amines) is 1. The number of hydrogen-bond acceptors (Lipinski definition) is 4. The predicted molar refractivity (Wildman–Crippen MR) is 105 cm³/mol. The Morgan fingerprint density at radius 2 is 1.96 bits per heavy atom. The second kappa shape index (κ2) is 6.67. The van der Waals surface area contributed by atoms with Crippen molar-refractivity contribution in [3.8, 4) is 5.75 Å². The first kappa shape index (κ1) is 17.3. The standard InChI is InChI=1S/C23H23NO4/c1-23-14-24(11-16(23)12-26-15-23)22(25)21-19(13-27-17-7-3-2-4-8-17)18-9-5-6-10-20(18)28-21/h2-10,16H,11-15H2,1H3. The van der Waals surface area contributed by atoms with Gasteiger partial charge in [-0.2, -0.15) is 0 Å². The Labute approximate surface area is 163 Å². The molecular weight excluding hydrogens is 354 g/mol. The molecule has 2 atom stereocenters. The van der Waals surface area contributed by atoms with E-state index in [2.05, 4.69) is 6.92 Å². The van der Waals surface area contributed by atoms with Crippen molar-refractivity contribution in [3.63, 3.8) is 0 Å². The highest BCUT2D eigenvalue weighted by atomic mass is 16.5. The van der Waals surface area contributed by atoms with Gasteiger partial charge in [0.2, 0.25) is 0 Å². The van der Waals surface area contributed by atoms with E-state index in [-0.39, 0.29) is 11.3 Å². The van der Waals surface area contributed by atoms with Crippen LogP contribution in [0.4, 0.5) is 0 Å². The number of amides is 1. The quantitative estimate of drug-likeness (QED) is 0.686. The number of fused-ring (bicyclic) bond motifs is 2. The number of benzene rings is 2. The number of nitrogens with zero attached hydrogens (tertiary/aromatic N) is 1. The fraction of sp³-hybridized carbons (Fsp3) is 0.348. The Morgan fingerprint density at radius 1 is 1.18 bits per heavy atom. The van der Waals surface area contributed by atoms with E-state index in [0.29, 0.717) is 43.6 Å². The number of furan rings is 1. The van der Waals surface area contributed by atoms with Crippen molar-refractivity contribution >= 4 is 16.9 Å². The predicted octanol–water partition coefficient (Wildman–Crippen LogP) is 4.12. The van der Waals surface area contributed by atoms with Crippen LogP contribution in [0.5, 0.6) is 5.75 Å². The van der Waals surface area contributed by atoms with Gasteiger partial charge >= 0.3 is 0 Å². The lowest BCUT2D eigenvalue weighted by Crippen LogP contribution is -2.32. The second-order valence-electron chi connectivity index (χ2n) is 8.06. The third-order valence-electron chi connectivity index (χ3n) is 6.04. The summed E-state index contributed by atoms with van der Waals surface area (Å²) in [5.74, 6) is 1.50. The highest BCUT2D eigenvalue weighted by Crippen LogP contribution is 2.41. The molecule has 0 aliphatic carbocycles. The summed E-state index contributed by atoms with van der Waals surface area (Å²) < 4.78 is 17.6. The average molecular weight is 377 g/mol. The van der Waals surface area contributed by atoms with Crippen LogP contribution in [-0.4, -0.2) is 37.1 Å². The molecule has 1 aromatic heterocycles. The van der Waals surface area contributed by atoms with Crippen molar-refractivity contribution in [2.45, 2.75) is 13.5 Å². The lowest BCUT2D eigenvalue weighted by Gasteiger charge is -2.21. The molecule has 28 heavy (non-hydrogen) atoms. The molecule has 2 aromatic carbocycles. The summed E-state index contributed by atoms with van der Waals surface area (Å²) in [6.07, 6.45) is 0. The molecule has 2 unspecified atom stereocenters. The van der Waals surface area contributed by atoms with Crippen LogP contribution in [-0.2, 0) is 11.3 Å². The van der Waals surface area contributed by atoms with Gasteiger partial charge in [-0.15, -0.1) is 0 Å². The molecule has 1 amide bonds. The van der Waals surface area contributed by atoms with Crippen LogP contribution in [0.3, 0.4) is 0 Å². The molecule has 3 heterocycles. The molecule has 2 fully saturated rings. The number of rotatable bonds is 4. The summed E-state index contributed by atoms with van der Waals surface area (Å²) in [6, 6.07) is 17.4. The van der Waals surface area contributed by atoms with Crippen molar-refractivity contribution in [2.75, 3.05) is 26.3 Å². The van der Waals surface area contributed by atoms with E-state index in [4.69, 9.17) is 13.9 Å². The Hall–Kier alpha value is -2.79. The molecular formula is C23H23NO4. The van der Waals surface area contributed by atoms with E-state index < -0.39 is 0 Å². The maximum Gasteiger partial charge on any atom is 0.290 e. The summed E-state index contributed by atoms with van der Waals surface area (Å²) in [4.78, 5) is 15.3. The van der Waals surface area contributed by atoms with Crippen molar-refractivity contribution in [1.82, 2.24) is 4.90 Å². The van der Waals surface area contributed by atoms with Crippen molar-refractivity contribution < 1.29 is 18.7 Å². The molecule has 5 heteroatoms. The normalized spacial score (nSPS) is 23.9. The van der Waals surface area contributed by atoms with E-state index in [0.717, 1.165) is 23.3 Å². The van der Waals surface area contributed by atoms with Gasteiger partial charge in [0.1, 0.15) is 17.9 Å². The average Bonchev–Trinajstić information content (AvgIpc) is 3.35. The molecule has 0 radical (unpaired) electrons. The first-order valence-corrected chi connectivity index (χ1v) is 9.69. The SMILES string of the molecule is CC12COCC1CN(C(=O)c1oc3ccccc3c1COc1ccccc1)C2. The minimum absolute atomic E-state index is 0.0440. The van der Waals surface area contributed by atoms with Gasteiger partial charge in [-0.05, 0) is 18.2 Å². The van der Waals surface area contributed by atoms with Crippen LogP contribution in [0.2, 0.25) is 0 Å². The lowest BCUT2D eigenvalue weighted by molar-refractivity contribution is 0.0696. The van der Waals surface area contributed by atoms with Crippen LogP contribution >= 0.6 is 0 Å². The number of ether oxygens (including phenoxy) is 2. The second-order valence-corrected chi connectivity index (χ2v) is 8.06. The summed E-state index contributed by atoms with van der Waals surface area (Å²) in [5.41, 5.74) is 1.57. The van der Waals surface area contributed by atoms with Crippen LogP contribution in [0, 0.1) is 11.3 Å². The molecule has 0 spiro atoms. The third kappa shape index (κ3) is 2.87. The molecule has 5 nitrogen and oxygen atoms in total. The lowest BCUT2D eigenvalue weighted by atomic mass is 9.83. The Bertz CT molecular complexity index is 1010. The zero-order valence-electron chi connectivity index (χ0n) is 15.9. The minimum Gasteiger partial charge on any atom is -0.489 e.